The van der Waals surface area contributed by atoms with Crippen molar-refractivity contribution in [2.75, 3.05) is 0 Å². The van der Waals surface area contributed by atoms with Crippen LogP contribution in [-0.2, 0) is 6.42 Å². The molecule has 0 aliphatic carbocycles. The van der Waals surface area contributed by atoms with E-state index in [4.69, 9.17) is 20.3 Å². The van der Waals surface area contributed by atoms with Gasteiger partial charge in [-0.25, -0.2) is 4.79 Å². The third-order valence-electron chi connectivity index (χ3n) is 1.52. The van der Waals surface area contributed by atoms with Gasteiger partial charge >= 0.3 is 6.16 Å². The molecule has 0 aliphatic heterocycles. The molecule has 0 unspecified atom stereocenters. The molecule has 4 heteroatoms. The van der Waals surface area contributed by atoms with E-state index in [0.29, 0.717) is 0 Å². The molecule has 0 bridgehead atoms. The number of rotatable bonds is 1. The van der Waals surface area contributed by atoms with Gasteiger partial charge in [-0.15, -0.1) is 0 Å². The number of carboxylic acid groups (broad SMARTS) is 2. The number of carbonyl (C=O) groups is 1. The third kappa shape index (κ3) is 4.78. The highest BCUT2D eigenvalue weighted by molar-refractivity contribution is 5.53. The van der Waals surface area contributed by atoms with E-state index in [2.05, 4.69) is 13.0 Å². The zero-order valence-corrected chi connectivity index (χ0v) is 7.77. The molecule has 0 atom stereocenters. The Morgan fingerprint density at radius 3 is 2.29 bits per heavy atom. The maximum Gasteiger partial charge on any atom is 0.503 e. The van der Waals surface area contributed by atoms with Crippen molar-refractivity contribution in [3.63, 3.8) is 0 Å². The highest BCUT2D eigenvalue weighted by Gasteiger charge is 1.94. The predicted molar refractivity (Wildman–Crippen MR) is 51.2 cm³/mol. The van der Waals surface area contributed by atoms with Gasteiger partial charge in [-0.1, -0.05) is 25.1 Å². The summed E-state index contributed by atoms with van der Waals surface area (Å²) in [6.45, 7) is 2.05. The molecule has 0 spiro atoms. The Bertz CT molecular complexity index is 337. The van der Waals surface area contributed by atoms with Crippen LogP contribution in [0.15, 0.2) is 24.3 Å². The number of nitrogens with zero attached hydrogens (tertiary/aromatic N) is 1. The molecule has 2 N–H and O–H groups in total. The van der Waals surface area contributed by atoms with Crippen molar-refractivity contribution in [3.05, 3.63) is 35.4 Å². The Kier molecular flexibility index (Phi) is 5.55. The molecule has 0 radical (unpaired) electrons. The van der Waals surface area contributed by atoms with E-state index in [9.17, 15) is 0 Å². The van der Waals surface area contributed by atoms with E-state index >= 15 is 0 Å². The molecule has 0 heterocycles. The summed E-state index contributed by atoms with van der Waals surface area (Å²) in [7, 11) is 0. The molecule has 14 heavy (non-hydrogen) atoms. The van der Waals surface area contributed by atoms with Crippen LogP contribution < -0.4 is 0 Å². The lowest BCUT2D eigenvalue weighted by molar-refractivity contribution is 0.137. The lowest BCUT2D eigenvalue weighted by Gasteiger charge is -1.96. The molecule has 74 valence electrons. The Hall–Kier alpha value is -2.02. The lowest BCUT2D eigenvalue weighted by atomic mass is 10.1. The molecule has 0 aliphatic rings. The molecular formula is C10H11NO3. The highest BCUT2D eigenvalue weighted by atomic mass is 16.6. The van der Waals surface area contributed by atoms with E-state index < -0.39 is 6.16 Å². The SMILES string of the molecule is CCc1ccccc1C#N.O=C(O)O. The van der Waals surface area contributed by atoms with Crippen LogP contribution in [0.25, 0.3) is 0 Å². The summed E-state index contributed by atoms with van der Waals surface area (Å²) in [5.74, 6) is 0. The zero-order valence-electron chi connectivity index (χ0n) is 7.77. The van der Waals surface area contributed by atoms with Gasteiger partial charge in [-0.3, -0.25) is 0 Å². The van der Waals surface area contributed by atoms with Crippen molar-refractivity contribution in [2.24, 2.45) is 0 Å². The van der Waals surface area contributed by atoms with Crippen LogP contribution >= 0.6 is 0 Å². The minimum absolute atomic E-state index is 0.796. The second-order valence-corrected chi connectivity index (χ2v) is 2.41. The fourth-order valence-electron chi connectivity index (χ4n) is 0.938. The standard InChI is InChI=1S/C9H9N.CH2O3/c1-2-8-5-3-4-6-9(8)7-10;2-1(3)4/h3-6H,2H2,1H3;(H2,2,3,4). The van der Waals surface area contributed by atoms with Gasteiger partial charge < -0.3 is 10.2 Å². The van der Waals surface area contributed by atoms with Crippen molar-refractivity contribution < 1.29 is 15.0 Å². The first-order valence-corrected chi connectivity index (χ1v) is 4.01. The van der Waals surface area contributed by atoms with E-state index in [-0.39, 0.29) is 0 Å². The van der Waals surface area contributed by atoms with Crippen LogP contribution in [0.2, 0.25) is 0 Å². The first-order valence-electron chi connectivity index (χ1n) is 4.01. The summed E-state index contributed by atoms with van der Waals surface area (Å²) in [5.41, 5.74) is 1.93. The Labute approximate surface area is 82.0 Å². The second kappa shape index (κ2) is 6.49. The minimum atomic E-state index is -1.83. The van der Waals surface area contributed by atoms with Gasteiger partial charge in [0.1, 0.15) is 0 Å². The van der Waals surface area contributed by atoms with Crippen molar-refractivity contribution in [3.8, 4) is 6.07 Å². The van der Waals surface area contributed by atoms with Gasteiger partial charge in [-0.2, -0.15) is 5.26 Å². The van der Waals surface area contributed by atoms with Crippen molar-refractivity contribution in [2.45, 2.75) is 13.3 Å². The largest absolute Gasteiger partial charge is 0.503 e. The number of hydrogen-bond acceptors (Lipinski definition) is 2. The van der Waals surface area contributed by atoms with Crippen molar-refractivity contribution in [1.82, 2.24) is 0 Å². The molecule has 0 amide bonds. The maximum atomic E-state index is 8.60. The average Bonchev–Trinajstić information content (AvgIpc) is 2.17. The van der Waals surface area contributed by atoms with E-state index in [1.165, 1.54) is 0 Å². The Balaban J connectivity index is 0.000000364. The average molecular weight is 193 g/mol. The molecule has 0 saturated carbocycles. The minimum Gasteiger partial charge on any atom is -0.450 e. The topological polar surface area (TPSA) is 81.3 Å². The van der Waals surface area contributed by atoms with E-state index in [0.717, 1.165) is 17.5 Å². The quantitative estimate of drug-likeness (QED) is 0.717. The van der Waals surface area contributed by atoms with Gasteiger partial charge in [0.25, 0.3) is 0 Å². The molecular weight excluding hydrogens is 182 g/mol. The fourth-order valence-corrected chi connectivity index (χ4v) is 0.938. The van der Waals surface area contributed by atoms with Crippen LogP contribution in [0.4, 0.5) is 4.79 Å². The van der Waals surface area contributed by atoms with Crippen LogP contribution in [-0.4, -0.2) is 16.4 Å². The number of aryl methyl sites for hydroxylation is 1. The molecule has 0 saturated heterocycles. The molecule has 4 nitrogen and oxygen atoms in total. The van der Waals surface area contributed by atoms with E-state index in [1.54, 1.807) is 0 Å². The fraction of sp³-hybridized carbons (Fsp3) is 0.200. The van der Waals surface area contributed by atoms with Gasteiger partial charge in [0.2, 0.25) is 0 Å². The molecule has 1 aromatic rings. The molecule has 1 rings (SSSR count). The van der Waals surface area contributed by atoms with Crippen LogP contribution in [0.3, 0.4) is 0 Å². The normalized spacial score (nSPS) is 8.00. The third-order valence-corrected chi connectivity index (χ3v) is 1.52. The monoisotopic (exact) mass is 193 g/mol. The van der Waals surface area contributed by atoms with Gasteiger partial charge in [0.15, 0.2) is 0 Å². The summed E-state index contributed by atoms with van der Waals surface area (Å²) < 4.78 is 0. The molecule has 0 aromatic heterocycles. The van der Waals surface area contributed by atoms with Crippen LogP contribution in [0.1, 0.15) is 18.1 Å². The Morgan fingerprint density at radius 1 is 1.43 bits per heavy atom. The summed E-state index contributed by atoms with van der Waals surface area (Å²) in [5, 5.41) is 22.5. The molecule has 1 aromatic carbocycles. The number of nitriles is 1. The van der Waals surface area contributed by atoms with Gasteiger partial charge in [0, 0.05) is 0 Å². The number of hydrogen-bond donors (Lipinski definition) is 2. The first-order chi connectivity index (χ1) is 6.61. The van der Waals surface area contributed by atoms with Gasteiger partial charge in [-0.05, 0) is 18.1 Å². The second-order valence-electron chi connectivity index (χ2n) is 2.41. The smallest absolute Gasteiger partial charge is 0.450 e. The summed E-state index contributed by atoms with van der Waals surface area (Å²) in [6.07, 6.45) is -0.899. The van der Waals surface area contributed by atoms with Crippen LogP contribution in [0, 0.1) is 11.3 Å². The van der Waals surface area contributed by atoms with Crippen molar-refractivity contribution in [1.29, 1.82) is 5.26 Å². The first kappa shape index (κ1) is 12.0. The molecule has 0 fully saturated rings. The van der Waals surface area contributed by atoms with E-state index in [1.807, 2.05) is 24.3 Å². The Morgan fingerprint density at radius 2 is 1.93 bits per heavy atom. The predicted octanol–water partition coefficient (Wildman–Crippen LogP) is 2.34. The lowest BCUT2D eigenvalue weighted by Crippen LogP contribution is -1.84. The number of benzene rings is 1. The summed E-state index contributed by atoms with van der Waals surface area (Å²) >= 11 is 0. The van der Waals surface area contributed by atoms with Crippen molar-refractivity contribution >= 4 is 6.16 Å². The summed E-state index contributed by atoms with van der Waals surface area (Å²) in [4.78, 5) is 8.56. The summed E-state index contributed by atoms with van der Waals surface area (Å²) in [6, 6.07) is 9.82. The highest BCUT2D eigenvalue weighted by Crippen LogP contribution is 2.06. The van der Waals surface area contributed by atoms with Crippen LogP contribution in [0.5, 0.6) is 0 Å². The van der Waals surface area contributed by atoms with Gasteiger partial charge in [0.05, 0.1) is 11.6 Å². The zero-order chi connectivity index (χ0) is 11.0. The maximum absolute atomic E-state index is 8.60.